The van der Waals surface area contributed by atoms with Crippen molar-refractivity contribution in [1.29, 1.82) is 0 Å². The zero-order valence-corrected chi connectivity index (χ0v) is 9.41. The van der Waals surface area contributed by atoms with Gasteiger partial charge in [0.2, 0.25) is 0 Å². The van der Waals surface area contributed by atoms with Gasteiger partial charge in [-0.25, -0.2) is 4.39 Å². The molecule has 0 fully saturated rings. The molecule has 1 rings (SSSR count). The van der Waals surface area contributed by atoms with E-state index in [4.69, 9.17) is 0 Å². The molecule has 15 heavy (non-hydrogen) atoms. The first-order valence-electron chi connectivity index (χ1n) is 5.54. The fourth-order valence-corrected chi connectivity index (χ4v) is 1.76. The number of hydrogen-bond acceptors (Lipinski definition) is 1. The Morgan fingerprint density at radius 3 is 2.53 bits per heavy atom. The van der Waals surface area contributed by atoms with E-state index in [1.54, 1.807) is 12.1 Å². The van der Waals surface area contributed by atoms with Crippen molar-refractivity contribution in [3.8, 4) is 0 Å². The summed E-state index contributed by atoms with van der Waals surface area (Å²) in [5.41, 5.74) is 0.639. The molecule has 2 unspecified atom stereocenters. The molecule has 0 bridgehead atoms. The molecule has 0 spiro atoms. The minimum absolute atomic E-state index is 0.0191. The Morgan fingerprint density at radius 1 is 1.33 bits per heavy atom. The summed E-state index contributed by atoms with van der Waals surface area (Å²) in [6, 6.07) is 6.71. The summed E-state index contributed by atoms with van der Waals surface area (Å²) in [6.45, 7) is 4.26. The van der Waals surface area contributed by atoms with Gasteiger partial charge in [0.05, 0.1) is 6.61 Å². The predicted octanol–water partition coefficient (Wildman–Crippen LogP) is 3.34. The molecular weight excluding hydrogens is 191 g/mol. The monoisotopic (exact) mass is 210 g/mol. The third kappa shape index (κ3) is 3.31. The van der Waals surface area contributed by atoms with E-state index in [2.05, 4.69) is 13.8 Å². The Balaban J connectivity index is 2.78. The Morgan fingerprint density at radius 2 is 2.00 bits per heavy atom. The van der Waals surface area contributed by atoms with Crippen LogP contribution in [0.3, 0.4) is 0 Å². The first-order chi connectivity index (χ1) is 7.19. The van der Waals surface area contributed by atoms with Crippen LogP contribution in [0.1, 0.15) is 38.2 Å². The van der Waals surface area contributed by atoms with Crippen molar-refractivity contribution < 1.29 is 9.50 Å². The first-order valence-corrected chi connectivity index (χ1v) is 5.54. The maximum Gasteiger partial charge on any atom is 0.126 e. The van der Waals surface area contributed by atoms with Crippen LogP contribution in [0.5, 0.6) is 0 Å². The van der Waals surface area contributed by atoms with E-state index in [0.717, 1.165) is 12.8 Å². The van der Waals surface area contributed by atoms with Gasteiger partial charge in [0.15, 0.2) is 0 Å². The van der Waals surface area contributed by atoms with Crippen molar-refractivity contribution in [2.45, 2.75) is 32.6 Å². The second-order valence-corrected chi connectivity index (χ2v) is 4.15. The lowest BCUT2D eigenvalue weighted by atomic mass is 9.89. The smallest absolute Gasteiger partial charge is 0.126 e. The molecular formula is C13H19FO. The van der Waals surface area contributed by atoms with Gasteiger partial charge >= 0.3 is 0 Å². The molecule has 1 nitrogen and oxygen atoms in total. The molecule has 1 N–H and O–H groups in total. The minimum Gasteiger partial charge on any atom is -0.396 e. The summed E-state index contributed by atoms with van der Waals surface area (Å²) in [7, 11) is 0. The highest BCUT2D eigenvalue weighted by atomic mass is 19.1. The third-order valence-corrected chi connectivity index (χ3v) is 2.95. The highest BCUT2D eigenvalue weighted by Gasteiger charge is 2.16. The molecule has 0 aliphatic carbocycles. The summed E-state index contributed by atoms with van der Waals surface area (Å²) in [6.07, 6.45) is 1.90. The summed E-state index contributed by atoms with van der Waals surface area (Å²) in [5.74, 6) is 0.239. The standard InChI is InChI=1S/C13H19FO/c1-3-10(2)8-11(9-15)12-6-4-5-7-13(12)14/h4-7,10-11,15H,3,8-9H2,1-2H3. The number of halogens is 1. The van der Waals surface area contributed by atoms with Crippen LogP contribution in [0, 0.1) is 11.7 Å². The second-order valence-electron chi connectivity index (χ2n) is 4.15. The Hall–Kier alpha value is -0.890. The molecule has 0 aliphatic rings. The van der Waals surface area contributed by atoms with E-state index < -0.39 is 0 Å². The number of aliphatic hydroxyl groups excluding tert-OH is 1. The molecule has 2 heteroatoms. The van der Waals surface area contributed by atoms with Crippen LogP contribution in [0.15, 0.2) is 24.3 Å². The number of hydrogen-bond donors (Lipinski definition) is 1. The lowest BCUT2D eigenvalue weighted by Crippen LogP contribution is -2.10. The molecule has 0 amide bonds. The molecule has 0 saturated carbocycles. The van der Waals surface area contributed by atoms with Crippen LogP contribution in [0.4, 0.5) is 4.39 Å². The number of benzene rings is 1. The molecule has 0 saturated heterocycles. The summed E-state index contributed by atoms with van der Waals surface area (Å²) < 4.78 is 13.5. The molecule has 0 aromatic heterocycles. The van der Waals surface area contributed by atoms with Gasteiger partial charge in [-0.3, -0.25) is 0 Å². The average Bonchev–Trinajstić information content (AvgIpc) is 2.26. The molecule has 2 atom stereocenters. The van der Waals surface area contributed by atoms with E-state index in [9.17, 15) is 9.50 Å². The van der Waals surface area contributed by atoms with Gasteiger partial charge in [0.1, 0.15) is 5.82 Å². The molecule has 1 aromatic carbocycles. The Labute approximate surface area is 90.9 Å². The van der Waals surface area contributed by atoms with Gasteiger partial charge in [-0.1, -0.05) is 38.5 Å². The molecule has 1 aromatic rings. The van der Waals surface area contributed by atoms with Crippen LogP contribution in [-0.4, -0.2) is 11.7 Å². The molecule has 0 aliphatic heterocycles. The van der Waals surface area contributed by atoms with Gasteiger partial charge in [-0.15, -0.1) is 0 Å². The predicted molar refractivity (Wildman–Crippen MR) is 60.3 cm³/mol. The second kappa shape index (κ2) is 5.86. The minimum atomic E-state index is -0.208. The van der Waals surface area contributed by atoms with Crippen LogP contribution in [0.25, 0.3) is 0 Å². The van der Waals surface area contributed by atoms with Gasteiger partial charge in [-0.05, 0) is 24.0 Å². The van der Waals surface area contributed by atoms with E-state index in [0.29, 0.717) is 11.5 Å². The zero-order chi connectivity index (χ0) is 11.3. The van der Waals surface area contributed by atoms with Crippen molar-refractivity contribution in [2.24, 2.45) is 5.92 Å². The summed E-state index contributed by atoms with van der Waals surface area (Å²) in [4.78, 5) is 0. The molecule has 0 radical (unpaired) electrons. The fourth-order valence-electron chi connectivity index (χ4n) is 1.76. The van der Waals surface area contributed by atoms with Crippen LogP contribution < -0.4 is 0 Å². The van der Waals surface area contributed by atoms with E-state index >= 15 is 0 Å². The lowest BCUT2D eigenvalue weighted by molar-refractivity contribution is 0.242. The fraction of sp³-hybridized carbons (Fsp3) is 0.538. The Kier molecular flexibility index (Phi) is 4.76. The quantitative estimate of drug-likeness (QED) is 0.790. The molecule has 0 heterocycles. The maximum absolute atomic E-state index is 13.5. The topological polar surface area (TPSA) is 20.2 Å². The maximum atomic E-state index is 13.5. The first kappa shape index (κ1) is 12.2. The van der Waals surface area contributed by atoms with E-state index in [-0.39, 0.29) is 18.3 Å². The zero-order valence-electron chi connectivity index (χ0n) is 9.41. The van der Waals surface area contributed by atoms with Crippen LogP contribution in [0.2, 0.25) is 0 Å². The van der Waals surface area contributed by atoms with Crippen molar-refractivity contribution in [3.05, 3.63) is 35.6 Å². The Bertz CT molecular complexity index is 298. The highest BCUT2D eigenvalue weighted by Crippen LogP contribution is 2.26. The largest absolute Gasteiger partial charge is 0.396 e. The SMILES string of the molecule is CCC(C)CC(CO)c1ccccc1F. The highest BCUT2D eigenvalue weighted by molar-refractivity contribution is 5.21. The van der Waals surface area contributed by atoms with E-state index in [1.165, 1.54) is 6.07 Å². The average molecular weight is 210 g/mol. The lowest BCUT2D eigenvalue weighted by Gasteiger charge is -2.18. The van der Waals surface area contributed by atoms with Gasteiger partial charge in [-0.2, -0.15) is 0 Å². The van der Waals surface area contributed by atoms with Gasteiger partial charge in [0, 0.05) is 5.92 Å². The van der Waals surface area contributed by atoms with Crippen LogP contribution >= 0.6 is 0 Å². The van der Waals surface area contributed by atoms with E-state index in [1.807, 2.05) is 6.07 Å². The van der Waals surface area contributed by atoms with Crippen molar-refractivity contribution in [2.75, 3.05) is 6.61 Å². The third-order valence-electron chi connectivity index (χ3n) is 2.95. The van der Waals surface area contributed by atoms with Crippen LogP contribution in [-0.2, 0) is 0 Å². The summed E-state index contributed by atoms with van der Waals surface area (Å²) in [5, 5.41) is 9.28. The number of rotatable bonds is 5. The van der Waals surface area contributed by atoms with Crippen molar-refractivity contribution in [3.63, 3.8) is 0 Å². The molecule has 84 valence electrons. The summed E-state index contributed by atoms with van der Waals surface area (Å²) >= 11 is 0. The van der Waals surface area contributed by atoms with Gasteiger partial charge < -0.3 is 5.11 Å². The van der Waals surface area contributed by atoms with Gasteiger partial charge in [0.25, 0.3) is 0 Å². The van der Waals surface area contributed by atoms with Crippen molar-refractivity contribution in [1.82, 2.24) is 0 Å². The van der Waals surface area contributed by atoms with Crippen molar-refractivity contribution >= 4 is 0 Å². The normalized spacial score (nSPS) is 14.9. The number of aliphatic hydroxyl groups is 1.